The van der Waals surface area contributed by atoms with Crippen molar-refractivity contribution in [2.75, 3.05) is 11.5 Å². The summed E-state index contributed by atoms with van der Waals surface area (Å²) in [7, 11) is 0. The Morgan fingerprint density at radius 1 is 1.32 bits per heavy atom. The summed E-state index contributed by atoms with van der Waals surface area (Å²) in [6.45, 7) is 6.31. The van der Waals surface area contributed by atoms with Crippen LogP contribution in [0.2, 0.25) is 0 Å². The molecule has 0 aromatic carbocycles. The van der Waals surface area contributed by atoms with Gasteiger partial charge in [-0.05, 0) is 18.8 Å². The molecular weight excluding hydrogens is 280 g/mol. The number of hydrogen-bond acceptors (Lipinski definition) is 5. The van der Waals surface area contributed by atoms with Crippen LogP contribution in [0.3, 0.4) is 0 Å². The van der Waals surface area contributed by atoms with Gasteiger partial charge in [-0.15, -0.1) is 23.5 Å². The van der Waals surface area contributed by atoms with E-state index < -0.39 is 5.97 Å². The fourth-order valence-electron chi connectivity index (χ4n) is 3.31. The third-order valence-corrected chi connectivity index (χ3v) is 7.30. The van der Waals surface area contributed by atoms with E-state index in [0.717, 1.165) is 41.2 Å². The molecule has 0 atom stereocenters. The highest BCUT2D eigenvalue weighted by molar-refractivity contribution is 8.20. The zero-order chi connectivity index (χ0) is 13.8. The van der Waals surface area contributed by atoms with Crippen molar-refractivity contribution in [3.8, 4) is 0 Å². The third kappa shape index (κ3) is 2.02. The molecule has 1 aromatic heterocycles. The predicted molar refractivity (Wildman–Crippen MR) is 76.5 cm³/mol. The van der Waals surface area contributed by atoms with Gasteiger partial charge in [0.2, 0.25) is 0 Å². The van der Waals surface area contributed by atoms with Gasteiger partial charge < -0.3 is 14.3 Å². The Labute approximate surface area is 121 Å². The standard InChI is InChI=1S/C14H18O3S2/c1-8-10-9(17-11(8)12(15)16)6-13(2,3)7-14(10)18-4-5-19-14/h4-7H2,1-3H3,(H,15,16)/p-1. The van der Waals surface area contributed by atoms with Crippen LogP contribution in [-0.4, -0.2) is 17.5 Å². The minimum absolute atomic E-state index is 0.0155. The van der Waals surface area contributed by atoms with Gasteiger partial charge in [-0.2, -0.15) is 0 Å². The monoisotopic (exact) mass is 297 g/mol. The van der Waals surface area contributed by atoms with Crippen molar-refractivity contribution in [3.05, 3.63) is 22.6 Å². The van der Waals surface area contributed by atoms with Crippen molar-refractivity contribution < 1.29 is 14.3 Å². The Morgan fingerprint density at radius 3 is 2.53 bits per heavy atom. The molecule has 5 heteroatoms. The van der Waals surface area contributed by atoms with E-state index in [1.165, 1.54) is 0 Å². The van der Waals surface area contributed by atoms with Crippen LogP contribution in [0.1, 0.15) is 47.7 Å². The average Bonchev–Trinajstić information content (AvgIpc) is 2.83. The van der Waals surface area contributed by atoms with Crippen LogP contribution in [0.25, 0.3) is 0 Å². The number of carbonyl (C=O) groups is 1. The minimum Gasteiger partial charge on any atom is -0.542 e. The molecule has 0 unspecified atom stereocenters. The van der Waals surface area contributed by atoms with Gasteiger partial charge in [0.25, 0.3) is 0 Å². The van der Waals surface area contributed by atoms with Crippen LogP contribution in [0, 0.1) is 12.3 Å². The highest BCUT2D eigenvalue weighted by atomic mass is 32.2. The summed E-state index contributed by atoms with van der Waals surface area (Å²) in [4.78, 5) is 11.2. The number of rotatable bonds is 1. The Hall–Kier alpha value is -0.550. The lowest BCUT2D eigenvalue weighted by Gasteiger charge is -2.41. The molecule has 1 spiro atoms. The second-order valence-electron chi connectivity index (χ2n) is 6.11. The fraction of sp³-hybridized carbons (Fsp3) is 0.643. The normalized spacial score (nSPS) is 23.5. The number of aromatic carboxylic acids is 1. The van der Waals surface area contributed by atoms with Gasteiger partial charge in [0, 0.05) is 29.1 Å². The van der Waals surface area contributed by atoms with Gasteiger partial charge in [-0.3, -0.25) is 0 Å². The van der Waals surface area contributed by atoms with Crippen LogP contribution in [0.4, 0.5) is 0 Å². The lowest BCUT2D eigenvalue weighted by atomic mass is 9.76. The maximum atomic E-state index is 11.2. The maximum Gasteiger partial charge on any atom is 0.153 e. The first kappa shape index (κ1) is 13.4. The Morgan fingerprint density at radius 2 is 1.95 bits per heavy atom. The molecule has 2 aliphatic rings. The summed E-state index contributed by atoms with van der Waals surface area (Å²) in [5.41, 5.74) is 2.04. The first-order valence-corrected chi connectivity index (χ1v) is 8.44. The second-order valence-corrected chi connectivity index (χ2v) is 9.16. The third-order valence-electron chi connectivity index (χ3n) is 3.89. The predicted octanol–water partition coefficient (Wildman–Crippen LogP) is 2.56. The summed E-state index contributed by atoms with van der Waals surface area (Å²) in [6, 6.07) is 0. The fourth-order valence-corrected chi connectivity index (χ4v) is 7.28. The van der Waals surface area contributed by atoms with E-state index in [1.54, 1.807) is 0 Å². The van der Waals surface area contributed by atoms with Crippen molar-refractivity contribution in [2.24, 2.45) is 5.41 Å². The Balaban J connectivity index is 2.19. The van der Waals surface area contributed by atoms with Crippen molar-refractivity contribution in [3.63, 3.8) is 0 Å². The number of fused-ring (bicyclic) bond motifs is 2. The van der Waals surface area contributed by atoms with E-state index in [1.807, 2.05) is 30.4 Å². The van der Waals surface area contributed by atoms with Crippen LogP contribution in [0.15, 0.2) is 4.42 Å². The second kappa shape index (κ2) is 4.22. The van der Waals surface area contributed by atoms with E-state index in [9.17, 15) is 9.90 Å². The molecule has 0 N–H and O–H groups in total. The number of thioether (sulfide) groups is 2. The van der Waals surface area contributed by atoms with Crippen molar-refractivity contribution in [1.29, 1.82) is 0 Å². The molecule has 0 amide bonds. The average molecular weight is 297 g/mol. The van der Waals surface area contributed by atoms with Gasteiger partial charge in [0.1, 0.15) is 11.7 Å². The van der Waals surface area contributed by atoms with Gasteiger partial charge in [0.15, 0.2) is 5.76 Å². The zero-order valence-corrected chi connectivity index (χ0v) is 13.0. The van der Waals surface area contributed by atoms with E-state index in [-0.39, 0.29) is 15.3 Å². The van der Waals surface area contributed by atoms with Crippen LogP contribution in [0.5, 0.6) is 0 Å². The maximum absolute atomic E-state index is 11.2. The molecule has 0 radical (unpaired) electrons. The molecule has 1 fully saturated rings. The molecule has 19 heavy (non-hydrogen) atoms. The van der Waals surface area contributed by atoms with E-state index in [0.29, 0.717) is 0 Å². The molecular formula is C14H17O3S2-. The largest absolute Gasteiger partial charge is 0.542 e. The van der Waals surface area contributed by atoms with Gasteiger partial charge in [-0.25, -0.2) is 0 Å². The highest BCUT2D eigenvalue weighted by Crippen LogP contribution is 2.62. The van der Waals surface area contributed by atoms with Crippen LogP contribution < -0.4 is 5.11 Å². The Bertz CT molecular complexity index is 539. The summed E-state index contributed by atoms with van der Waals surface area (Å²) in [6.07, 6.45) is 1.87. The van der Waals surface area contributed by atoms with E-state index in [4.69, 9.17) is 4.42 Å². The molecule has 1 saturated heterocycles. The lowest BCUT2D eigenvalue weighted by molar-refractivity contribution is -0.257. The number of hydrogen-bond donors (Lipinski definition) is 0. The first-order valence-electron chi connectivity index (χ1n) is 6.47. The Kier molecular flexibility index (Phi) is 2.98. The van der Waals surface area contributed by atoms with E-state index in [2.05, 4.69) is 13.8 Å². The van der Waals surface area contributed by atoms with Crippen molar-refractivity contribution >= 4 is 29.5 Å². The SMILES string of the molecule is Cc1c(C(=O)[O-])oc2c1C1(CC(C)(C)C2)SCCS1. The molecule has 3 rings (SSSR count). The molecule has 1 aliphatic carbocycles. The lowest BCUT2D eigenvalue weighted by Crippen LogP contribution is -2.33. The highest BCUT2D eigenvalue weighted by Gasteiger charge is 2.50. The number of carboxylic acid groups (broad SMARTS) is 1. The molecule has 0 bridgehead atoms. The molecule has 104 valence electrons. The van der Waals surface area contributed by atoms with Crippen molar-refractivity contribution in [2.45, 2.75) is 37.7 Å². The summed E-state index contributed by atoms with van der Waals surface area (Å²) in [5.74, 6) is 1.91. The van der Waals surface area contributed by atoms with Gasteiger partial charge >= 0.3 is 0 Å². The van der Waals surface area contributed by atoms with Crippen molar-refractivity contribution in [1.82, 2.24) is 0 Å². The quantitative estimate of drug-likeness (QED) is 0.797. The van der Waals surface area contributed by atoms with Gasteiger partial charge in [-0.1, -0.05) is 13.8 Å². The number of carbonyl (C=O) groups excluding carboxylic acids is 1. The molecule has 1 aliphatic heterocycles. The summed E-state index contributed by atoms with van der Waals surface area (Å²) >= 11 is 3.88. The topological polar surface area (TPSA) is 53.3 Å². The summed E-state index contributed by atoms with van der Waals surface area (Å²) < 4.78 is 5.62. The van der Waals surface area contributed by atoms with E-state index >= 15 is 0 Å². The molecule has 3 nitrogen and oxygen atoms in total. The summed E-state index contributed by atoms with van der Waals surface area (Å²) in [5, 5.41) is 11.2. The molecule has 0 saturated carbocycles. The van der Waals surface area contributed by atoms with Crippen LogP contribution in [-0.2, 0) is 10.5 Å². The smallest absolute Gasteiger partial charge is 0.153 e. The number of furan rings is 1. The zero-order valence-electron chi connectivity index (χ0n) is 11.4. The first-order chi connectivity index (χ1) is 8.85. The number of carboxylic acids is 1. The minimum atomic E-state index is -1.20. The van der Waals surface area contributed by atoms with Crippen LogP contribution >= 0.6 is 23.5 Å². The molecule has 2 heterocycles. The van der Waals surface area contributed by atoms with Gasteiger partial charge in [0.05, 0.1) is 4.08 Å². The molecule has 1 aromatic rings.